The number of hydrogen-bond acceptors (Lipinski definition) is 2. The molecule has 1 atom stereocenters. The van der Waals surface area contributed by atoms with Crippen LogP contribution in [0.1, 0.15) is 30.2 Å². The molecule has 1 unspecified atom stereocenters. The summed E-state index contributed by atoms with van der Waals surface area (Å²) < 4.78 is 2.40. The van der Waals surface area contributed by atoms with Crippen molar-refractivity contribution in [3.63, 3.8) is 0 Å². The van der Waals surface area contributed by atoms with Crippen molar-refractivity contribution in [3.8, 4) is 0 Å². The Hall–Kier alpha value is -0.160. The Morgan fingerprint density at radius 2 is 1.85 bits per heavy atom. The molecule has 20 heavy (non-hydrogen) atoms. The van der Waals surface area contributed by atoms with Crippen LogP contribution < -0.4 is 5.32 Å². The van der Waals surface area contributed by atoms with Gasteiger partial charge in [-0.1, -0.05) is 48.0 Å². The van der Waals surface area contributed by atoms with Crippen LogP contribution in [-0.2, 0) is 6.42 Å². The fourth-order valence-electron chi connectivity index (χ4n) is 2.18. The molecule has 1 nitrogen and oxygen atoms in total. The minimum Gasteiger partial charge on any atom is -0.314 e. The van der Waals surface area contributed by atoms with Crippen molar-refractivity contribution in [3.05, 3.63) is 55.1 Å². The smallest absolute Gasteiger partial charge is 0.0701 e. The maximum Gasteiger partial charge on any atom is 0.0701 e. The van der Waals surface area contributed by atoms with Gasteiger partial charge >= 0.3 is 0 Å². The van der Waals surface area contributed by atoms with Gasteiger partial charge < -0.3 is 5.32 Å². The lowest BCUT2D eigenvalue weighted by atomic mass is 9.94. The SMILES string of the molecule is CC(C)NCC(Cc1ccc(Br)s1)c1ccccc1Br. The summed E-state index contributed by atoms with van der Waals surface area (Å²) in [4.78, 5) is 1.42. The fraction of sp³-hybridized carbons (Fsp3) is 0.375. The molecule has 0 fully saturated rings. The fourth-order valence-corrected chi connectivity index (χ4v) is 4.35. The topological polar surface area (TPSA) is 12.0 Å². The van der Waals surface area contributed by atoms with E-state index in [-0.39, 0.29) is 0 Å². The van der Waals surface area contributed by atoms with Crippen LogP contribution in [0.15, 0.2) is 44.7 Å². The summed E-state index contributed by atoms with van der Waals surface area (Å²) in [5.41, 5.74) is 1.38. The number of hydrogen-bond donors (Lipinski definition) is 1. The van der Waals surface area contributed by atoms with Crippen LogP contribution in [0.2, 0.25) is 0 Å². The Kier molecular flexibility index (Phi) is 6.27. The Labute approximate surface area is 142 Å². The van der Waals surface area contributed by atoms with E-state index < -0.39 is 0 Å². The van der Waals surface area contributed by atoms with E-state index in [0.717, 1.165) is 13.0 Å². The molecule has 2 aromatic rings. The summed E-state index contributed by atoms with van der Waals surface area (Å²) in [6, 6.07) is 13.4. The van der Waals surface area contributed by atoms with Crippen LogP contribution in [0, 0.1) is 0 Å². The third-order valence-electron chi connectivity index (χ3n) is 3.19. The van der Waals surface area contributed by atoms with Crippen molar-refractivity contribution in [1.29, 1.82) is 0 Å². The second-order valence-electron chi connectivity index (χ2n) is 5.19. The molecule has 0 aliphatic rings. The number of rotatable bonds is 6. The van der Waals surface area contributed by atoms with E-state index in [1.807, 2.05) is 11.3 Å². The number of nitrogens with one attached hydrogen (secondary N) is 1. The number of benzene rings is 1. The highest BCUT2D eigenvalue weighted by atomic mass is 79.9. The van der Waals surface area contributed by atoms with E-state index >= 15 is 0 Å². The quantitative estimate of drug-likeness (QED) is 0.646. The van der Waals surface area contributed by atoms with Gasteiger partial charge in [0.05, 0.1) is 3.79 Å². The molecule has 0 amide bonds. The monoisotopic (exact) mass is 415 g/mol. The molecule has 0 saturated heterocycles. The highest BCUT2D eigenvalue weighted by Crippen LogP contribution is 2.31. The van der Waals surface area contributed by atoms with E-state index in [0.29, 0.717) is 12.0 Å². The normalized spacial score (nSPS) is 12.8. The van der Waals surface area contributed by atoms with Gasteiger partial charge in [0.15, 0.2) is 0 Å². The highest BCUT2D eigenvalue weighted by Gasteiger charge is 2.16. The van der Waals surface area contributed by atoms with E-state index in [4.69, 9.17) is 0 Å². The maximum atomic E-state index is 3.69. The molecule has 1 aromatic carbocycles. The molecular formula is C16H19Br2NS. The summed E-state index contributed by atoms with van der Waals surface area (Å²) in [6.45, 7) is 5.38. The lowest BCUT2D eigenvalue weighted by Crippen LogP contribution is -2.29. The first kappa shape index (κ1) is 16.2. The van der Waals surface area contributed by atoms with Crippen molar-refractivity contribution >= 4 is 43.2 Å². The molecule has 0 bridgehead atoms. The minimum absolute atomic E-state index is 0.485. The Morgan fingerprint density at radius 1 is 1.10 bits per heavy atom. The molecule has 1 aromatic heterocycles. The molecule has 0 spiro atoms. The van der Waals surface area contributed by atoms with Crippen molar-refractivity contribution in [2.75, 3.05) is 6.54 Å². The third kappa shape index (κ3) is 4.69. The first-order chi connectivity index (χ1) is 9.56. The molecule has 0 aliphatic heterocycles. The molecular weight excluding hydrogens is 398 g/mol. The zero-order chi connectivity index (χ0) is 14.5. The van der Waals surface area contributed by atoms with Gasteiger partial charge in [0, 0.05) is 27.9 Å². The van der Waals surface area contributed by atoms with E-state index in [9.17, 15) is 0 Å². The van der Waals surface area contributed by atoms with E-state index in [1.165, 1.54) is 18.7 Å². The standard InChI is InChI=1S/C16H19Br2NS/c1-11(2)19-10-12(9-13-7-8-16(18)20-13)14-5-3-4-6-15(14)17/h3-8,11-12,19H,9-10H2,1-2H3. The molecule has 4 heteroatoms. The molecule has 1 heterocycles. The molecule has 0 saturated carbocycles. The summed E-state index contributed by atoms with van der Waals surface area (Å²) in [5.74, 6) is 0.485. The van der Waals surface area contributed by atoms with Crippen LogP contribution in [-0.4, -0.2) is 12.6 Å². The number of thiophene rings is 1. The van der Waals surface area contributed by atoms with Crippen LogP contribution >= 0.6 is 43.2 Å². The first-order valence-electron chi connectivity index (χ1n) is 6.78. The Balaban J connectivity index is 2.18. The summed E-state index contributed by atoms with van der Waals surface area (Å²) >= 11 is 9.06. The molecule has 108 valence electrons. The van der Waals surface area contributed by atoms with Gasteiger partial charge in [0.2, 0.25) is 0 Å². The second-order valence-corrected chi connectivity index (χ2v) is 8.59. The van der Waals surface area contributed by atoms with Crippen LogP contribution in [0.5, 0.6) is 0 Å². The van der Waals surface area contributed by atoms with Gasteiger partial charge in [-0.15, -0.1) is 11.3 Å². The molecule has 0 aliphatic carbocycles. The maximum absolute atomic E-state index is 3.69. The molecule has 1 N–H and O–H groups in total. The average molecular weight is 417 g/mol. The van der Waals surface area contributed by atoms with Crippen molar-refractivity contribution < 1.29 is 0 Å². The minimum atomic E-state index is 0.485. The van der Waals surface area contributed by atoms with Gasteiger partial charge in [-0.05, 0) is 46.1 Å². The average Bonchev–Trinajstić information content (AvgIpc) is 2.81. The Bertz CT molecular complexity index is 551. The van der Waals surface area contributed by atoms with Crippen LogP contribution in [0.4, 0.5) is 0 Å². The van der Waals surface area contributed by atoms with E-state index in [1.54, 1.807) is 0 Å². The summed E-state index contributed by atoms with van der Waals surface area (Å²) in [7, 11) is 0. The predicted molar refractivity (Wildman–Crippen MR) is 95.7 cm³/mol. The Morgan fingerprint density at radius 3 is 2.45 bits per heavy atom. The zero-order valence-corrected chi connectivity index (χ0v) is 15.7. The van der Waals surface area contributed by atoms with E-state index in [2.05, 4.69) is 87.4 Å². The summed E-state index contributed by atoms with van der Waals surface area (Å²) in [5, 5.41) is 3.57. The van der Waals surface area contributed by atoms with Crippen LogP contribution in [0.25, 0.3) is 0 Å². The summed E-state index contributed by atoms with van der Waals surface area (Å²) in [6.07, 6.45) is 1.07. The van der Waals surface area contributed by atoms with Crippen molar-refractivity contribution in [2.24, 2.45) is 0 Å². The molecule has 2 rings (SSSR count). The second kappa shape index (κ2) is 7.74. The van der Waals surface area contributed by atoms with Gasteiger partial charge in [0.25, 0.3) is 0 Å². The van der Waals surface area contributed by atoms with Crippen molar-refractivity contribution in [1.82, 2.24) is 5.32 Å². The van der Waals surface area contributed by atoms with Gasteiger partial charge in [-0.3, -0.25) is 0 Å². The highest BCUT2D eigenvalue weighted by molar-refractivity contribution is 9.11. The molecule has 0 radical (unpaired) electrons. The van der Waals surface area contributed by atoms with Crippen molar-refractivity contribution in [2.45, 2.75) is 32.2 Å². The lowest BCUT2D eigenvalue weighted by molar-refractivity contribution is 0.527. The first-order valence-corrected chi connectivity index (χ1v) is 9.18. The van der Waals surface area contributed by atoms with Crippen LogP contribution in [0.3, 0.4) is 0 Å². The largest absolute Gasteiger partial charge is 0.314 e. The van der Waals surface area contributed by atoms with Gasteiger partial charge in [-0.25, -0.2) is 0 Å². The van der Waals surface area contributed by atoms with Gasteiger partial charge in [0.1, 0.15) is 0 Å². The number of halogens is 2. The lowest BCUT2D eigenvalue weighted by Gasteiger charge is -2.20. The predicted octanol–water partition coefficient (Wildman–Crippen LogP) is 5.60. The van der Waals surface area contributed by atoms with Gasteiger partial charge in [-0.2, -0.15) is 0 Å². The third-order valence-corrected chi connectivity index (χ3v) is 5.56. The zero-order valence-electron chi connectivity index (χ0n) is 11.7.